The predicted octanol–water partition coefficient (Wildman–Crippen LogP) is 1.43. The Morgan fingerprint density at radius 3 is 2.53 bits per heavy atom. The Morgan fingerprint density at radius 2 is 1.88 bits per heavy atom. The molecule has 2 heterocycles. The second-order valence-corrected chi connectivity index (χ2v) is 5.71. The fourth-order valence-electron chi connectivity index (χ4n) is 3.05. The smallest absolute Gasteiger partial charge is 0.0217 e. The molecule has 0 radical (unpaired) electrons. The Kier molecular flexibility index (Phi) is 6.78. The van der Waals surface area contributed by atoms with Crippen LogP contribution in [0.4, 0.5) is 0 Å². The third-order valence-electron chi connectivity index (χ3n) is 4.19. The topological polar surface area (TPSA) is 18.5 Å². The highest BCUT2D eigenvalue weighted by atomic mass is 35.5. The minimum absolute atomic E-state index is 0. The van der Waals surface area contributed by atoms with Crippen LogP contribution in [-0.2, 0) is 0 Å². The van der Waals surface area contributed by atoms with Gasteiger partial charge in [0.1, 0.15) is 0 Å². The van der Waals surface area contributed by atoms with Crippen LogP contribution >= 0.6 is 12.4 Å². The quantitative estimate of drug-likeness (QED) is 0.829. The van der Waals surface area contributed by atoms with E-state index in [0.29, 0.717) is 0 Å². The third-order valence-corrected chi connectivity index (χ3v) is 4.19. The first-order chi connectivity index (χ1) is 7.75. The van der Waals surface area contributed by atoms with Gasteiger partial charge >= 0.3 is 0 Å². The van der Waals surface area contributed by atoms with Crippen LogP contribution in [-0.4, -0.2) is 62.7 Å². The SMILES string of the molecule is CN(C)C1CCCN(CC2CCNCC2)C1.Cl. The Bertz CT molecular complexity index is 205. The molecular formula is C13H28ClN3. The lowest BCUT2D eigenvalue weighted by atomic mass is 9.95. The Labute approximate surface area is 112 Å². The maximum absolute atomic E-state index is 3.45. The van der Waals surface area contributed by atoms with Gasteiger partial charge in [0.15, 0.2) is 0 Å². The van der Waals surface area contributed by atoms with Crippen molar-refractivity contribution in [1.82, 2.24) is 15.1 Å². The lowest BCUT2D eigenvalue weighted by Crippen LogP contribution is -2.47. The number of rotatable bonds is 3. The number of piperidine rings is 2. The molecular weight excluding hydrogens is 234 g/mol. The second-order valence-electron chi connectivity index (χ2n) is 5.71. The molecule has 17 heavy (non-hydrogen) atoms. The zero-order chi connectivity index (χ0) is 11.4. The summed E-state index contributed by atoms with van der Waals surface area (Å²) in [4.78, 5) is 5.10. The van der Waals surface area contributed by atoms with E-state index in [1.165, 1.54) is 58.4 Å². The van der Waals surface area contributed by atoms with E-state index in [1.807, 2.05) is 0 Å². The minimum atomic E-state index is 0. The molecule has 0 bridgehead atoms. The number of halogens is 1. The van der Waals surface area contributed by atoms with Crippen molar-refractivity contribution in [3.63, 3.8) is 0 Å². The molecule has 2 rings (SSSR count). The number of likely N-dealkylation sites (tertiary alicyclic amines) is 1. The lowest BCUT2D eigenvalue weighted by molar-refractivity contribution is 0.111. The van der Waals surface area contributed by atoms with E-state index >= 15 is 0 Å². The first kappa shape index (κ1) is 15.2. The molecule has 1 unspecified atom stereocenters. The van der Waals surface area contributed by atoms with Gasteiger partial charge in [0.2, 0.25) is 0 Å². The average molecular weight is 262 g/mol. The molecule has 4 heteroatoms. The number of hydrogen-bond acceptors (Lipinski definition) is 3. The molecule has 2 fully saturated rings. The minimum Gasteiger partial charge on any atom is -0.317 e. The van der Waals surface area contributed by atoms with Gasteiger partial charge in [0.05, 0.1) is 0 Å². The summed E-state index contributed by atoms with van der Waals surface area (Å²) >= 11 is 0. The van der Waals surface area contributed by atoms with Crippen LogP contribution in [0.25, 0.3) is 0 Å². The van der Waals surface area contributed by atoms with Crippen LogP contribution in [0.15, 0.2) is 0 Å². The molecule has 0 spiro atoms. The van der Waals surface area contributed by atoms with Crippen LogP contribution < -0.4 is 5.32 Å². The number of nitrogens with zero attached hydrogens (tertiary/aromatic N) is 2. The molecule has 0 aromatic carbocycles. The van der Waals surface area contributed by atoms with Gasteiger partial charge in [-0.25, -0.2) is 0 Å². The Morgan fingerprint density at radius 1 is 1.18 bits per heavy atom. The Balaban J connectivity index is 0.00000144. The molecule has 0 saturated carbocycles. The fraction of sp³-hybridized carbons (Fsp3) is 1.00. The predicted molar refractivity (Wildman–Crippen MR) is 76.0 cm³/mol. The highest BCUT2D eigenvalue weighted by molar-refractivity contribution is 5.85. The standard InChI is InChI=1S/C13H27N3.ClH/c1-15(2)13-4-3-9-16(11-13)10-12-5-7-14-8-6-12;/h12-14H,3-11H2,1-2H3;1H. The zero-order valence-electron chi connectivity index (χ0n) is 11.3. The van der Waals surface area contributed by atoms with Crippen LogP contribution in [0, 0.1) is 5.92 Å². The van der Waals surface area contributed by atoms with Gasteiger partial charge in [0, 0.05) is 19.1 Å². The van der Waals surface area contributed by atoms with E-state index in [0.717, 1.165) is 12.0 Å². The van der Waals surface area contributed by atoms with Crippen molar-refractivity contribution in [2.75, 3.05) is 46.8 Å². The van der Waals surface area contributed by atoms with Crippen LogP contribution in [0.5, 0.6) is 0 Å². The highest BCUT2D eigenvalue weighted by Gasteiger charge is 2.24. The number of hydrogen-bond donors (Lipinski definition) is 1. The molecule has 3 nitrogen and oxygen atoms in total. The molecule has 2 aliphatic heterocycles. The summed E-state index contributed by atoms with van der Waals surface area (Å²) in [5, 5.41) is 3.45. The van der Waals surface area contributed by atoms with Crippen molar-refractivity contribution in [1.29, 1.82) is 0 Å². The maximum atomic E-state index is 3.45. The summed E-state index contributed by atoms with van der Waals surface area (Å²) in [6.45, 7) is 6.42. The van der Waals surface area contributed by atoms with Crippen molar-refractivity contribution in [2.45, 2.75) is 31.7 Å². The van der Waals surface area contributed by atoms with Crippen LogP contribution in [0.1, 0.15) is 25.7 Å². The molecule has 102 valence electrons. The molecule has 2 saturated heterocycles. The number of likely N-dealkylation sites (N-methyl/N-ethyl adjacent to an activating group) is 1. The lowest BCUT2D eigenvalue weighted by Gasteiger charge is -2.38. The summed E-state index contributed by atoms with van der Waals surface area (Å²) in [5.41, 5.74) is 0. The normalized spacial score (nSPS) is 28.1. The van der Waals surface area contributed by atoms with Gasteiger partial charge in [0.25, 0.3) is 0 Å². The van der Waals surface area contributed by atoms with E-state index in [2.05, 4.69) is 29.2 Å². The molecule has 1 atom stereocenters. The van der Waals surface area contributed by atoms with Gasteiger partial charge in [-0.15, -0.1) is 12.4 Å². The largest absolute Gasteiger partial charge is 0.317 e. The van der Waals surface area contributed by atoms with Crippen molar-refractivity contribution >= 4 is 12.4 Å². The third kappa shape index (κ3) is 4.74. The monoisotopic (exact) mass is 261 g/mol. The molecule has 0 amide bonds. The summed E-state index contributed by atoms with van der Waals surface area (Å²) in [5.74, 6) is 0.946. The first-order valence-corrected chi connectivity index (χ1v) is 6.85. The molecule has 0 aromatic rings. The van der Waals surface area contributed by atoms with E-state index in [1.54, 1.807) is 0 Å². The van der Waals surface area contributed by atoms with Crippen molar-refractivity contribution in [3.8, 4) is 0 Å². The van der Waals surface area contributed by atoms with E-state index in [-0.39, 0.29) is 12.4 Å². The average Bonchev–Trinajstić information content (AvgIpc) is 2.30. The van der Waals surface area contributed by atoms with Crippen molar-refractivity contribution in [2.24, 2.45) is 5.92 Å². The van der Waals surface area contributed by atoms with Gasteiger partial charge in [-0.3, -0.25) is 0 Å². The van der Waals surface area contributed by atoms with Crippen LogP contribution in [0.2, 0.25) is 0 Å². The van der Waals surface area contributed by atoms with Gasteiger partial charge in [-0.05, 0) is 65.3 Å². The zero-order valence-corrected chi connectivity index (χ0v) is 12.1. The van der Waals surface area contributed by atoms with Gasteiger partial charge < -0.3 is 15.1 Å². The summed E-state index contributed by atoms with van der Waals surface area (Å²) < 4.78 is 0. The van der Waals surface area contributed by atoms with E-state index in [9.17, 15) is 0 Å². The molecule has 0 aliphatic carbocycles. The summed E-state index contributed by atoms with van der Waals surface area (Å²) in [6.07, 6.45) is 5.52. The van der Waals surface area contributed by atoms with E-state index < -0.39 is 0 Å². The number of nitrogens with one attached hydrogen (secondary N) is 1. The highest BCUT2D eigenvalue weighted by Crippen LogP contribution is 2.18. The van der Waals surface area contributed by atoms with Gasteiger partial charge in [-0.2, -0.15) is 0 Å². The van der Waals surface area contributed by atoms with Crippen molar-refractivity contribution in [3.05, 3.63) is 0 Å². The van der Waals surface area contributed by atoms with E-state index in [4.69, 9.17) is 0 Å². The van der Waals surface area contributed by atoms with Crippen LogP contribution in [0.3, 0.4) is 0 Å². The summed E-state index contributed by atoms with van der Waals surface area (Å²) in [6, 6.07) is 0.787. The van der Waals surface area contributed by atoms with Gasteiger partial charge in [-0.1, -0.05) is 0 Å². The fourth-order valence-corrected chi connectivity index (χ4v) is 3.05. The van der Waals surface area contributed by atoms with Crippen molar-refractivity contribution < 1.29 is 0 Å². The Hall–Kier alpha value is 0.170. The summed E-state index contributed by atoms with van der Waals surface area (Å²) in [7, 11) is 4.44. The molecule has 1 N–H and O–H groups in total. The first-order valence-electron chi connectivity index (χ1n) is 6.85. The maximum Gasteiger partial charge on any atom is 0.0217 e. The molecule has 0 aromatic heterocycles. The second kappa shape index (κ2) is 7.57. The molecule has 2 aliphatic rings.